The third kappa shape index (κ3) is 6.30. The molecule has 0 unspecified atom stereocenters. The van der Waals surface area contributed by atoms with Crippen molar-refractivity contribution in [3.8, 4) is 5.75 Å². The summed E-state index contributed by atoms with van der Waals surface area (Å²) in [5.74, 6) is -0.221. The van der Waals surface area contributed by atoms with Crippen LogP contribution in [0.15, 0.2) is 54.6 Å². The van der Waals surface area contributed by atoms with E-state index in [2.05, 4.69) is 5.32 Å². The zero-order chi connectivity index (χ0) is 20.7. The molecule has 0 bridgehead atoms. The Hall–Kier alpha value is -3.02. The second-order valence-corrected chi connectivity index (χ2v) is 7.42. The van der Waals surface area contributed by atoms with Gasteiger partial charge in [0.1, 0.15) is 17.5 Å². The Morgan fingerprint density at radius 3 is 2.11 bits per heavy atom. The van der Waals surface area contributed by atoms with Gasteiger partial charge in [-0.3, -0.25) is 4.79 Å². The summed E-state index contributed by atoms with van der Waals surface area (Å²) in [6.45, 7) is 6.98. The van der Waals surface area contributed by atoms with Crippen molar-refractivity contribution >= 4 is 17.7 Å². The minimum Gasteiger partial charge on any atom is -0.497 e. The van der Waals surface area contributed by atoms with E-state index in [0.717, 1.165) is 0 Å². The molecule has 6 heteroatoms. The van der Waals surface area contributed by atoms with Crippen LogP contribution in [-0.4, -0.2) is 24.8 Å². The Balaban J connectivity index is 2.16. The van der Waals surface area contributed by atoms with E-state index >= 15 is 0 Å². The Kier molecular flexibility index (Phi) is 7.04. The Morgan fingerprint density at radius 2 is 1.57 bits per heavy atom. The molecule has 2 aromatic carbocycles. The average molecular weight is 385 g/mol. The maximum absolute atomic E-state index is 12.8. The Labute approximate surface area is 165 Å². The largest absolute Gasteiger partial charge is 0.509 e. The molecule has 2 aromatic rings. The highest BCUT2D eigenvalue weighted by molar-refractivity contribution is 5.93. The maximum Gasteiger partial charge on any atom is 0.509 e. The number of nitrogens with one attached hydrogen (secondary N) is 1. The molecule has 0 aliphatic carbocycles. The average Bonchev–Trinajstić information content (AvgIpc) is 2.65. The quantitative estimate of drug-likeness (QED) is 0.711. The van der Waals surface area contributed by atoms with Gasteiger partial charge in [-0.25, -0.2) is 4.79 Å². The van der Waals surface area contributed by atoms with Crippen molar-refractivity contribution in [2.45, 2.75) is 39.4 Å². The molecule has 28 heavy (non-hydrogen) atoms. The number of amides is 1. The van der Waals surface area contributed by atoms with Crippen LogP contribution in [0.5, 0.6) is 5.75 Å². The second kappa shape index (κ2) is 9.26. The lowest BCUT2D eigenvalue weighted by Gasteiger charge is -2.26. The summed E-state index contributed by atoms with van der Waals surface area (Å²) in [7, 11) is 1.58. The van der Waals surface area contributed by atoms with Crippen LogP contribution in [0.3, 0.4) is 0 Å². The first-order valence-electron chi connectivity index (χ1n) is 9.09. The van der Waals surface area contributed by atoms with Crippen molar-refractivity contribution in [2.75, 3.05) is 12.4 Å². The first-order chi connectivity index (χ1) is 13.2. The first kappa shape index (κ1) is 21.3. The van der Waals surface area contributed by atoms with Crippen LogP contribution in [0.2, 0.25) is 0 Å². The number of ether oxygens (including phenoxy) is 3. The van der Waals surface area contributed by atoms with Crippen LogP contribution in [0.4, 0.5) is 10.5 Å². The van der Waals surface area contributed by atoms with Crippen LogP contribution in [0.25, 0.3) is 0 Å². The van der Waals surface area contributed by atoms with Crippen molar-refractivity contribution in [1.82, 2.24) is 0 Å². The zero-order valence-electron chi connectivity index (χ0n) is 16.9. The molecule has 2 atom stereocenters. The highest BCUT2D eigenvalue weighted by Gasteiger charge is 2.31. The van der Waals surface area contributed by atoms with Crippen LogP contribution in [-0.2, 0) is 14.3 Å². The minimum atomic E-state index is -0.814. The molecule has 0 saturated carbocycles. The molecule has 0 aliphatic rings. The van der Waals surface area contributed by atoms with Crippen molar-refractivity contribution in [1.29, 1.82) is 0 Å². The lowest BCUT2D eigenvalue weighted by Crippen LogP contribution is -2.31. The van der Waals surface area contributed by atoms with Gasteiger partial charge in [0.15, 0.2) is 0 Å². The molecule has 1 N–H and O–H groups in total. The van der Waals surface area contributed by atoms with Crippen LogP contribution in [0, 0.1) is 5.92 Å². The number of hydrogen-bond donors (Lipinski definition) is 1. The molecule has 0 radical (unpaired) electrons. The van der Waals surface area contributed by atoms with E-state index in [9.17, 15) is 9.59 Å². The van der Waals surface area contributed by atoms with Gasteiger partial charge in [-0.05, 0) is 57.5 Å². The predicted octanol–water partition coefficient (Wildman–Crippen LogP) is 4.96. The highest BCUT2D eigenvalue weighted by atomic mass is 16.7. The fraction of sp³-hybridized carbons (Fsp3) is 0.364. The van der Waals surface area contributed by atoms with Gasteiger partial charge in [0.25, 0.3) is 0 Å². The number of carbonyl (C=O) groups is 2. The third-order valence-corrected chi connectivity index (χ3v) is 3.97. The van der Waals surface area contributed by atoms with Gasteiger partial charge in [-0.1, -0.05) is 30.3 Å². The molecular weight excluding hydrogens is 358 g/mol. The first-order valence-corrected chi connectivity index (χ1v) is 9.09. The second-order valence-electron chi connectivity index (χ2n) is 7.42. The molecule has 0 aromatic heterocycles. The molecule has 6 nitrogen and oxygen atoms in total. The van der Waals surface area contributed by atoms with E-state index in [1.54, 1.807) is 59.1 Å². The summed E-state index contributed by atoms with van der Waals surface area (Å²) in [5, 5.41) is 2.84. The van der Waals surface area contributed by atoms with Crippen molar-refractivity contribution < 1.29 is 23.8 Å². The van der Waals surface area contributed by atoms with Crippen LogP contribution in [0.1, 0.15) is 39.4 Å². The monoisotopic (exact) mass is 385 g/mol. The molecular formula is C22H27NO5. The lowest BCUT2D eigenvalue weighted by atomic mass is 9.96. The molecule has 0 aliphatic heterocycles. The summed E-state index contributed by atoms with van der Waals surface area (Å²) in [4.78, 5) is 25.0. The van der Waals surface area contributed by atoms with Gasteiger partial charge < -0.3 is 19.5 Å². The highest BCUT2D eigenvalue weighted by Crippen LogP contribution is 2.29. The van der Waals surface area contributed by atoms with E-state index in [0.29, 0.717) is 17.0 Å². The number of hydrogen-bond acceptors (Lipinski definition) is 5. The van der Waals surface area contributed by atoms with Gasteiger partial charge in [-0.15, -0.1) is 0 Å². The van der Waals surface area contributed by atoms with E-state index in [1.165, 1.54) is 0 Å². The fourth-order valence-electron chi connectivity index (χ4n) is 2.55. The standard InChI is InChI=1S/C22H27NO5/c1-15(20(24)23-17-11-13-18(26-5)14-12-17)19(16-9-7-6-8-10-16)27-21(25)28-22(2,3)4/h6-15,19H,1-5H3,(H,23,24)/t15-,19-/m1/s1. The lowest BCUT2D eigenvalue weighted by molar-refractivity contribution is -0.124. The van der Waals surface area contributed by atoms with E-state index in [1.807, 2.05) is 30.3 Å². The summed E-state index contributed by atoms with van der Waals surface area (Å²) in [6.07, 6.45) is -1.60. The topological polar surface area (TPSA) is 73.9 Å². The summed E-state index contributed by atoms with van der Waals surface area (Å²) < 4.78 is 15.9. The number of anilines is 1. The maximum atomic E-state index is 12.8. The number of carbonyl (C=O) groups excluding carboxylic acids is 2. The van der Waals surface area contributed by atoms with Gasteiger partial charge in [0.05, 0.1) is 13.0 Å². The predicted molar refractivity (Wildman–Crippen MR) is 107 cm³/mol. The number of benzene rings is 2. The van der Waals surface area contributed by atoms with Gasteiger partial charge in [0, 0.05) is 5.69 Å². The summed E-state index contributed by atoms with van der Waals surface area (Å²) in [5.41, 5.74) is 0.653. The van der Waals surface area contributed by atoms with Gasteiger partial charge in [0.2, 0.25) is 5.91 Å². The Bertz CT molecular complexity index is 781. The van der Waals surface area contributed by atoms with E-state index < -0.39 is 23.8 Å². The summed E-state index contributed by atoms with van der Waals surface area (Å²) >= 11 is 0. The number of methoxy groups -OCH3 is 1. The molecule has 0 saturated heterocycles. The van der Waals surface area contributed by atoms with Crippen molar-refractivity contribution in [3.05, 3.63) is 60.2 Å². The van der Waals surface area contributed by atoms with Crippen LogP contribution >= 0.6 is 0 Å². The SMILES string of the molecule is COc1ccc(NC(=O)[C@H](C)[C@@H](OC(=O)OC(C)(C)C)c2ccccc2)cc1. The third-order valence-electron chi connectivity index (χ3n) is 3.97. The summed E-state index contributed by atoms with van der Waals surface area (Å²) in [6, 6.07) is 16.1. The molecule has 2 rings (SSSR count). The van der Waals surface area contributed by atoms with Gasteiger partial charge >= 0.3 is 6.16 Å². The molecule has 0 fully saturated rings. The molecule has 0 heterocycles. The molecule has 150 valence electrons. The smallest absolute Gasteiger partial charge is 0.497 e. The molecule has 1 amide bonds. The zero-order valence-corrected chi connectivity index (χ0v) is 16.9. The van der Waals surface area contributed by atoms with E-state index in [4.69, 9.17) is 14.2 Å². The van der Waals surface area contributed by atoms with Crippen molar-refractivity contribution in [3.63, 3.8) is 0 Å². The van der Waals surface area contributed by atoms with Gasteiger partial charge in [-0.2, -0.15) is 0 Å². The minimum absolute atomic E-state index is 0.275. The fourth-order valence-corrected chi connectivity index (χ4v) is 2.55. The van der Waals surface area contributed by atoms with Crippen LogP contribution < -0.4 is 10.1 Å². The normalized spacial score (nSPS) is 13.2. The Morgan fingerprint density at radius 1 is 0.964 bits per heavy atom. The van der Waals surface area contributed by atoms with Crippen molar-refractivity contribution in [2.24, 2.45) is 5.92 Å². The number of rotatable bonds is 6. The van der Waals surface area contributed by atoms with E-state index in [-0.39, 0.29) is 5.91 Å². The molecule has 0 spiro atoms.